The van der Waals surface area contributed by atoms with E-state index in [0.29, 0.717) is 12.0 Å². The zero-order valence-electron chi connectivity index (χ0n) is 11.7. The Kier molecular flexibility index (Phi) is 4.43. The van der Waals surface area contributed by atoms with Crippen molar-refractivity contribution in [1.82, 2.24) is 15.0 Å². The van der Waals surface area contributed by atoms with Gasteiger partial charge in [-0.1, -0.05) is 24.4 Å². The number of nitrogens with zero attached hydrogens (tertiary/aromatic N) is 3. The van der Waals surface area contributed by atoms with Crippen LogP contribution in [0.15, 0.2) is 4.52 Å². The Balaban J connectivity index is 1.57. The Hall–Kier alpha value is -0.550. The Morgan fingerprint density at radius 3 is 2.84 bits per heavy atom. The van der Waals surface area contributed by atoms with Crippen LogP contribution < -0.4 is 0 Å². The predicted molar refractivity (Wildman–Crippen MR) is 77.3 cm³/mol. The molecule has 4 nitrogen and oxygen atoms in total. The van der Waals surface area contributed by atoms with Crippen molar-refractivity contribution in [2.24, 2.45) is 0 Å². The SMILES string of the molecule is CN(Cc1noc(C2CCCCC2)n1)C1CCSC1. The summed E-state index contributed by atoms with van der Waals surface area (Å²) in [7, 11) is 2.17. The first-order chi connectivity index (χ1) is 9.33. The monoisotopic (exact) mass is 281 g/mol. The van der Waals surface area contributed by atoms with Crippen LogP contribution >= 0.6 is 11.8 Å². The van der Waals surface area contributed by atoms with E-state index in [9.17, 15) is 0 Å². The molecule has 2 fully saturated rings. The molecule has 1 atom stereocenters. The van der Waals surface area contributed by atoms with E-state index < -0.39 is 0 Å². The van der Waals surface area contributed by atoms with E-state index in [2.05, 4.69) is 22.1 Å². The molecule has 1 aromatic heterocycles. The van der Waals surface area contributed by atoms with E-state index in [1.165, 1.54) is 50.0 Å². The molecule has 106 valence electrons. The van der Waals surface area contributed by atoms with Crippen LogP contribution in [0.2, 0.25) is 0 Å². The van der Waals surface area contributed by atoms with Gasteiger partial charge in [0, 0.05) is 17.7 Å². The summed E-state index contributed by atoms with van der Waals surface area (Å²) in [5, 5.41) is 4.17. The lowest BCUT2D eigenvalue weighted by atomic mass is 9.89. The van der Waals surface area contributed by atoms with Crippen LogP contribution in [-0.4, -0.2) is 39.6 Å². The maximum atomic E-state index is 5.47. The van der Waals surface area contributed by atoms with Crippen molar-refractivity contribution in [1.29, 1.82) is 0 Å². The molecule has 0 amide bonds. The van der Waals surface area contributed by atoms with Crippen molar-refractivity contribution >= 4 is 11.8 Å². The molecule has 0 radical (unpaired) electrons. The molecular formula is C14H23N3OS. The Labute approximate surface area is 119 Å². The van der Waals surface area contributed by atoms with Gasteiger partial charge in [-0.3, -0.25) is 4.90 Å². The fourth-order valence-corrected chi connectivity index (χ4v) is 4.37. The lowest BCUT2D eigenvalue weighted by Crippen LogP contribution is -2.31. The molecule has 1 aromatic rings. The average molecular weight is 281 g/mol. The first kappa shape index (κ1) is 13.4. The summed E-state index contributed by atoms with van der Waals surface area (Å²) in [6.07, 6.45) is 7.70. The summed E-state index contributed by atoms with van der Waals surface area (Å²) < 4.78 is 5.47. The van der Waals surface area contributed by atoms with Gasteiger partial charge in [0.1, 0.15) is 0 Å². The molecule has 1 saturated carbocycles. The number of aromatic nitrogens is 2. The Morgan fingerprint density at radius 2 is 2.11 bits per heavy atom. The third-order valence-electron chi connectivity index (χ3n) is 4.36. The van der Waals surface area contributed by atoms with Crippen LogP contribution in [-0.2, 0) is 6.54 Å². The maximum Gasteiger partial charge on any atom is 0.229 e. The predicted octanol–water partition coefficient (Wildman–Crippen LogP) is 3.05. The molecule has 3 rings (SSSR count). The number of rotatable bonds is 4. The highest BCUT2D eigenvalue weighted by Crippen LogP contribution is 2.31. The van der Waals surface area contributed by atoms with Crippen molar-refractivity contribution in [3.05, 3.63) is 11.7 Å². The zero-order chi connectivity index (χ0) is 13.1. The summed E-state index contributed by atoms with van der Waals surface area (Å²) in [6.45, 7) is 0.821. The fourth-order valence-electron chi connectivity index (χ4n) is 3.07. The van der Waals surface area contributed by atoms with Gasteiger partial charge in [-0.15, -0.1) is 0 Å². The van der Waals surface area contributed by atoms with Gasteiger partial charge in [-0.2, -0.15) is 16.7 Å². The minimum absolute atomic E-state index is 0.516. The zero-order valence-corrected chi connectivity index (χ0v) is 12.5. The van der Waals surface area contributed by atoms with Crippen LogP contribution in [0.5, 0.6) is 0 Å². The third-order valence-corrected chi connectivity index (χ3v) is 5.50. The molecule has 2 heterocycles. The van der Waals surface area contributed by atoms with Crippen molar-refractivity contribution < 1.29 is 4.52 Å². The van der Waals surface area contributed by atoms with Gasteiger partial charge in [0.15, 0.2) is 5.82 Å². The van der Waals surface area contributed by atoms with Crippen molar-refractivity contribution in [2.75, 3.05) is 18.6 Å². The number of hydrogen-bond donors (Lipinski definition) is 0. The quantitative estimate of drug-likeness (QED) is 0.848. The Morgan fingerprint density at radius 1 is 1.26 bits per heavy atom. The maximum absolute atomic E-state index is 5.47. The minimum Gasteiger partial charge on any atom is -0.339 e. The molecule has 1 saturated heterocycles. The number of hydrogen-bond acceptors (Lipinski definition) is 5. The molecule has 19 heavy (non-hydrogen) atoms. The molecule has 0 bridgehead atoms. The minimum atomic E-state index is 0.516. The second kappa shape index (κ2) is 6.27. The second-order valence-corrected chi connectivity index (χ2v) is 6.97. The highest BCUT2D eigenvalue weighted by atomic mass is 32.2. The van der Waals surface area contributed by atoms with E-state index in [0.717, 1.165) is 18.3 Å². The molecule has 1 unspecified atom stereocenters. The summed E-state index contributed by atoms with van der Waals surface area (Å²) >= 11 is 2.04. The van der Waals surface area contributed by atoms with Gasteiger partial charge in [-0.25, -0.2) is 0 Å². The summed E-state index contributed by atoms with van der Waals surface area (Å²) in [5.41, 5.74) is 0. The van der Waals surface area contributed by atoms with Gasteiger partial charge < -0.3 is 4.52 Å². The van der Waals surface area contributed by atoms with Gasteiger partial charge in [0.2, 0.25) is 5.89 Å². The van der Waals surface area contributed by atoms with Crippen molar-refractivity contribution in [2.45, 2.75) is 57.0 Å². The standard InChI is InChI=1S/C14H23N3OS/c1-17(12-7-8-19-10-12)9-13-15-14(18-16-13)11-5-3-2-4-6-11/h11-12H,2-10H2,1H3. The lowest BCUT2D eigenvalue weighted by Gasteiger charge is -2.21. The van der Waals surface area contributed by atoms with E-state index in [1.807, 2.05) is 11.8 Å². The van der Waals surface area contributed by atoms with Crippen LogP contribution in [0.3, 0.4) is 0 Å². The van der Waals surface area contributed by atoms with Gasteiger partial charge in [-0.05, 0) is 32.1 Å². The van der Waals surface area contributed by atoms with Crippen molar-refractivity contribution in [3.63, 3.8) is 0 Å². The molecular weight excluding hydrogens is 258 g/mol. The molecule has 0 N–H and O–H groups in total. The van der Waals surface area contributed by atoms with E-state index in [1.54, 1.807) is 0 Å². The largest absolute Gasteiger partial charge is 0.339 e. The van der Waals surface area contributed by atoms with Gasteiger partial charge in [0.05, 0.1) is 6.54 Å². The molecule has 5 heteroatoms. The van der Waals surface area contributed by atoms with Gasteiger partial charge >= 0.3 is 0 Å². The highest BCUT2D eigenvalue weighted by molar-refractivity contribution is 7.99. The van der Waals surface area contributed by atoms with E-state index in [-0.39, 0.29) is 0 Å². The smallest absolute Gasteiger partial charge is 0.229 e. The molecule has 1 aliphatic carbocycles. The second-order valence-electron chi connectivity index (χ2n) is 5.82. The van der Waals surface area contributed by atoms with Crippen LogP contribution in [0, 0.1) is 0 Å². The molecule has 2 aliphatic rings. The van der Waals surface area contributed by atoms with Gasteiger partial charge in [0.25, 0.3) is 0 Å². The summed E-state index contributed by atoms with van der Waals surface area (Å²) in [5.74, 6) is 4.78. The van der Waals surface area contributed by atoms with E-state index in [4.69, 9.17) is 4.52 Å². The third kappa shape index (κ3) is 3.31. The molecule has 0 aromatic carbocycles. The van der Waals surface area contributed by atoms with Crippen LogP contribution in [0.1, 0.15) is 56.2 Å². The van der Waals surface area contributed by atoms with Crippen LogP contribution in [0.4, 0.5) is 0 Å². The topological polar surface area (TPSA) is 42.2 Å². The summed E-state index contributed by atoms with van der Waals surface area (Å²) in [4.78, 5) is 6.99. The normalized spacial score (nSPS) is 25.3. The summed E-state index contributed by atoms with van der Waals surface area (Å²) in [6, 6.07) is 0.682. The molecule has 0 spiro atoms. The van der Waals surface area contributed by atoms with E-state index >= 15 is 0 Å². The van der Waals surface area contributed by atoms with Crippen LogP contribution in [0.25, 0.3) is 0 Å². The fraction of sp³-hybridized carbons (Fsp3) is 0.857. The highest BCUT2D eigenvalue weighted by Gasteiger charge is 2.24. The first-order valence-electron chi connectivity index (χ1n) is 7.43. The average Bonchev–Trinajstić information content (AvgIpc) is 3.11. The molecule has 1 aliphatic heterocycles. The lowest BCUT2D eigenvalue weighted by molar-refractivity contribution is 0.243. The Bertz CT molecular complexity index is 397. The number of thioether (sulfide) groups is 1. The first-order valence-corrected chi connectivity index (χ1v) is 8.59. The van der Waals surface area contributed by atoms with Crippen molar-refractivity contribution in [3.8, 4) is 0 Å².